The van der Waals surface area contributed by atoms with Crippen molar-refractivity contribution in [2.24, 2.45) is 7.05 Å². The topological polar surface area (TPSA) is 83.4 Å². The summed E-state index contributed by atoms with van der Waals surface area (Å²) in [5.74, 6) is -1.41. The van der Waals surface area contributed by atoms with E-state index in [2.05, 4.69) is 10.6 Å². The van der Waals surface area contributed by atoms with Gasteiger partial charge in [-0.1, -0.05) is 6.07 Å². The predicted octanol–water partition coefficient (Wildman–Crippen LogP) is 0.615. The van der Waals surface area contributed by atoms with Crippen molar-refractivity contribution in [2.45, 2.75) is 6.42 Å². The van der Waals surface area contributed by atoms with Crippen LogP contribution in [0.2, 0.25) is 0 Å². The minimum absolute atomic E-state index is 0.0218. The number of fused-ring (bicyclic) bond motifs is 1. The Morgan fingerprint density at radius 3 is 2.80 bits per heavy atom. The number of carbonyl (C=O) groups excluding carboxylic acids is 2. The average Bonchev–Trinajstić information content (AvgIpc) is 2.80. The first-order chi connectivity index (χ1) is 9.61. The number of amides is 2. The number of aryl methyl sites for hydroxylation is 1. The maximum Gasteiger partial charge on any atom is 0.313 e. The van der Waals surface area contributed by atoms with E-state index in [0.29, 0.717) is 12.1 Å². The third kappa shape index (κ3) is 3.16. The predicted molar refractivity (Wildman–Crippen MR) is 76.3 cm³/mol. The molecule has 0 spiro atoms. The highest BCUT2D eigenvalue weighted by Crippen LogP contribution is 2.19. The van der Waals surface area contributed by atoms with Crippen molar-refractivity contribution in [1.29, 1.82) is 0 Å². The molecule has 2 rings (SSSR count). The van der Waals surface area contributed by atoms with Crippen LogP contribution in [0.25, 0.3) is 10.9 Å². The summed E-state index contributed by atoms with van der Waals surface area (Å²) >= 11 is 0. The van der Waals surface area contributed by atoms with Gasteiger partial charge in [-0.05, 0) is 30.0 Å². The molecule has 0 unspecified atom stereocenters. The molecule has 0 atom stereocenters. The molecule has 6 heteroatoms. The second-order valence-electron chi connectivity index (χ2n) is 4.49. The third-order valence-electron chi connectivity index (χ3n) is 2.97. The van der Waals surface area contributed by atoms with E-state index in [1.165, 1.54) is 0 Å². The molecule has 106 valence electrons. The van der Waals surface area contributed by atoms with Gasteiger partial charge in [0.2, 0.25) is 0 Å². The fourth-order valence-electron chi connectivity index (χ4n) is 1.89. The number of benzene rings is 1. The minimum Gasteiger partial charge on any atom is -0.396 e. The molecule has 3 N–H and O–H groups in total. The number of carbonyl (C=O) groups is 2. The van der Waals surface area contributed by atoms with E-state index >= 15 is 0 Å². The fourth-order valence-corrected chi connectivity index (χ4v) is 1.89. The van der Waals surface area contributed by atoms with Gasteiger partial charge in [0.25, 0.3) is 0 Å². The zero-order chi connectivity index (χ0) is 14.5. The van der Waals surface area contributed by atoms with Crippen LogP contribution >= 0.6 is 0 Å². The lowest BCUT2D eigenvalue weighted by Gasteiger charge is -2.06. The van der Waals surface area contributed by atoms with Crippen LogP contribution in [-0.2, 0) is 16.6 Å². The molecule has 0 fully saturated rings. The van der Waals surface area contributed by atoms with Crippen LogP contribution in [0.5, 0.6) is 0 Å². The molecule has 1 heterocycles. The molecule has 0 aliphatic carbocycles. The highest BCUT2D eigenvalue weighted by molar-refractivity contribution is 6.39. The number of aromatic nitrogens is 1. The van der Waals surface area contributed by atoms with Crippen LogP contribution in [0.4, 0.5) is 5.69 Å². The lowest BCUT2D eigenvalue weighted by Crippen LogP contribution is -2.36. The van der Waals surface area contributed by atoms with Gasteiger partial charge in [-0.25, -0.2) is 0 Å². The monoisotopic (exact) mass is 275 g/mol. The van der Waals surface area contributed by atoms with E-state index in [0.717, 1.165) is 10.9 Å². The van der Waals surface area contributed by atoms with E-state index in [1.807, 2.05) is 36.0 Å². The van der Waals surface area contributed by atoms with Crippen molar-refractivity contribution in [3.8, 4) is 0 Å². The summed E-state index contributed by atoms with van der Waals surface area (Å²) in [6.07, 6.45) is 2.35. The van der Waals surface area contributed by atoms with Gasteiger partial charge < -0.3 is 20.3 Å². The molecule has 20 heavy (non-hydrogen) atoms. The normalized spacial score (nSPS) is 10.5. The summed E-state index contributed by atoms with van der Waals surface area (Å²) in [7, 11) is 1.91. The summed E-state index contributed by atoms with van der Waals surface area (Å²) in [5, 5.41) is 14.7. The number of rotatable bonds is 4. The lowest BCUT2D eigenvalue weighted by molar-refractivity contribution is -0.136. The first kappa shape index (κ1) is 14.1. The Labute approximate surface area is 116 Å². The van der Waals surface area contributed by atoms with Gasteiger partial charge in [0.1, 0.15) is 0 Å². The molecule has 0 aliphatic heterocycles. The third-order valence-corrected chi connectivity index (χ3v) is 2.97. The van der Waals surface area contributed by atoms with Crippen LogP contribution in [0, 0.1) is 0 Å². The highest BCUT2D eigenvalue weighted by Gasteiger charge is 2.13. The quantitative estimate of drug-likeness (QED) is 0.565. The van der Waals surface area contributed by atoms with Gasteiger partial charge in [-0.3, -0.25) is 9.59 Å². The van der Waals surface area contributed by atoms with Gasteiger partial charge >= 0.3 is 11.8 Å². The molecule has 2 aromatic rings. The zero-order valence-corrected chi connectivity index (χ0v) is 11.2. The molecule has 0 bridgehead atoms. The smallest absolute Gasteiger partial charge is 0.313 e. The van der Waals surface area contributed by atoms with Crippen molar-refractivity contribution >= 4 is 28.4 Å². The summed E-state index contributed by atoms with van der Waals surface area (Å²) in [4.78, 5) is 23.2. The van der Waals surface area contributed by atoms with Crippen LogP contribution in [-0.4, -0.2) is 34.6 Å². The van der Waals surface area contributed by atoms with Crippen molar-refractivity contribution in [1.82, 2.24) is 9.88 Å². The highest BCUT2D eigenvalue weighted by atomic mass is 16.3. The first-order valence-corrected chi connectivity index (χ1v) is 6.37. The molecule has 2 amide bonds. The average molecular weight is 275 g/mol. The summed E-state index contributed by atoms with van der Waals surface area (Å²) in [5.41, 5.74) is 1.55. The number of aliphatic hydroxyl groups excluding tert-OH is 1. The van der Waals surface area contributed by atoms with Crippen LogP contribution in [0.15, 0.2) is 30.5 Å². The molecule has 0 radical (unpaired) electrons. The number of hydrogen-bond donors (Lipinski definition) is 3. The molecule has 0 saturated heterocycles. The molecule has 1 aromatic carbocycles. The Balaban J connectivity index is 2.02. The number of nitrogens with zero attached hydrogens (tertiary/aromatic N) is 1. The summed E-state index contributed by atoms with van der Waals surface area (Å²) < 4.78 is 1.94. The lowest BCUT2D eigenvalue weighted by atomic mass is 10.2. The van der Waals surface area contributed by atoms with Gasteiger partial charge in [0.05, 0.1) is 0 Å². The number of hydrogen-bond acceptors (Lipinski definition) is 3. The standard InChI is InChI=1S/C14H17N3O3/c1-17-7-5-10-3-4-11(9-12(10)17)16-14(20)13(19)15-6-2-8-18/h3-5,7,9,18H,2,6,8H2,1H3,(H,15,19)(H,16,20). The van der Waals surface area contributed by atoms with Crippen molar-refractivity contribution in [3.05, 3.63) is 30.5 Å². The Kier molecular flexibility index (Phi) is 4.37. The van der Waals surface area contributed by atoms with E-state index in [1.54, 1.807) is 6.07 Å². The number of aliphatic hydroxyl groups is 1. The Morgan fingerprint density at radius 2 is 2.05 bits per heavy atom. The molecule has 1 aromatic heterocycles. The Hall–Kier alpha value is -2.34. The van der Waals surface area contributed by atoms with E-state index in [-0.39, 0.29) is 13.2 Å². The van der Waals surface area contributed by atoms with Crippen LogP contribution in [0.1, 0.15) is 6.42 Å². The van der Waals surface area contributed by atoms with E-state index in [4.69, 9.17) is 5.11 Å². The SMILES string of the molecule is Cn1ccc2ccc(NC(=O)C(=O)NCCCO)cc21. The first-order valence-electron chi connectivity index (χ1n) is 6.37. The largest absolute Gasteiger partial charge is 0.396 e. The maximum absolute atomic E-state index is 11.7. The number of nitrogens with one attached hydrogen (secondary N) is 2. The number of anilines is 1. The molecular weight excluding hydrogens is 258 g/mol. The summed E-state index contributed by atoms with van der Waals surface area (Å²) in [6, 6.07) is 7.42. The van der Waals surface area contributed by atoms with Crippen molar-refractivity contribution < 1.29 is 14.7 Å². The summed E-state index contributed by atoms with van der Waals surface area (Å²) in [6.45, 7) is 0.256. The minimum atomic E-state index is -0.712. The fraction of sp³-hybridized carbons (Fsp3) is 0.286. The second kappa shape index (κ2) is 6.21. The van der Waals surface area contributed by atoms with Gasteiger partial charge in [0, 0.05) is 37.6 Å². The molecular formula is C14H17N3O3. The van der Waals surface area contributed by atoms with Crippen molar-refractivity contribution in [3.63, 3.8) is 0 Å². The van der Waals surface area contributed by atoms with Crippen LogP contribution < -0.4 is 10.6 Å². The molecule has 6 nitrogen and oxygen atoms in total. The van der Waals surface area contributed by atoms with Gasteiger partial charge in [0.15, 0.2) is 0 Å². The maximum atomic E-state index is 11.7. The molecule has 0 aliphatic rings. The van der Waals surface area contributed by atoms with E-state index in [9.17, 15) is 9.59 Å². The van der Waals surface area contributed by atoms with Crippen LogP contribution in [0.3, 0.4) is 0 Å². The second-order valence-corrected chi connectivity index (χ2v) is 4.49. The van der Waals surface area contributed by atoms with Gasteiger partial charge in [-0.15, -0.1) is 0 Å². The Bertz CT molecular complexity index is 634. The molecule has 0 saturated carbocycles. The van der Waals surface area contributed by atoms with E-state index < -0.39 is 11.8 Å². The Morgan fingerprint density at radius 1 is 1.25 bits per heavy atom. The van der Waals surface area contributed by atoms with Gasteiger partial charge in [-0.2, -0.15) is 0 Å². The van der Waals surface area contributed by atoms with Crippen molar-refractivity contribution in [2.75, 3.05) is 18.5 Å². The zero-order valence-electron chi connectivity index (χ0n) is 11.2.